The molecule has 0 unspecified atom stereocenters. The number of nitrogens with one attached hydrogen (secondary N) is 2. The summed E-state index contributed by atoms with van der Waals surface area (Å²) in [5.74, 6) is 3.33. The quantitative estimate of drug-likeness (QED) is 0.604. The van der Waals surface area contributed by atoms with E-state index in [2.05, 4.69) is 20.6 Å². The van der Waals surface area contributed by atoms with E-state index in [1.165, 1.54) is 0 Å². The smallest absolute Gasteiger partial charge is 0.142 e. The molecule has 0 bridgehead atoms. The molecule has 0 saturated carbocycles. The lowest BCUT2D eigenvalue weighted by molar-refractivity contribution is 0.405. The fourth-order valence-corrected chi connectivity index (χ4v) is 2.74. The van der Waals surface area contributed by atoms with Crippen LogP contribution in [0.2, 0.25) is 5.02 Å². The molecule has 1 heterocycles. The number of methoxy groups -OCH3 is 2. The van der Waals surface area contributed by atoms with Gasteiger partial charge in [-0.3, -0.25) is 0 Å². The molecule has 0 spiro atoms. The normalized spacial score (nSPS) is 10.4. The van der Waals surface area contributed by atoms with Gasteiger partial charge in [0.15, 0.2) is 0 Å². The molecule has 3 rings (SSSR count). The minimum absolute atomic E-state index is 0.627. The lowest BCUT2D eigenvalue weighted by Gasteiger charge is -2.14. The highest BCUT2D eigenvalue weighted by molar-refractivity contribution is 6.31. The lowest BCUT2D eigenvalue weighted by Crippen LogP contribution is -2.02. The van der Waals surface area contributed by atoms with E-state index in [9.17, 15) is 0 Å². The van der Waals surface area contributed by atoms with Crippen molar-refractivity contribution in [1.82, 2.24) is 9.97 Å². The van der Waals surface area contributed by atoms with E-state index in [-0.39, 0.29) is 0 Å². The molecular formula is C20H21ClN4O2. The largest absolute Gasteiger partial charge is 0.497 e. The van der Waals surface area contributed by atoms with Crippen LogP contribution in [0.3, 0.4) is 0 Å². The SMILES string of the molecule is COc1ccc(OC)c(Nc2cc(Nc3ccc(C)c(Cl)c3)nc(C)n2)c1. The number of halogens is 1. The molecular weight excluding hydrogens is 364 g/mol. The van der Waals surface area contributed by atoms with Crippen molar-refractivity contribution in [2.45, 2.75) is 13.8 Å². The molecule has 0 atom stereocenters. The van der Waals surface area contributed by atoms with E-state index in [1.54, 1.807) is 14.2 Å². The summed E-state index contributed by atoms with van der Waals surface area (Å²) in [5, 5.41) is 7.22. The number of rotatable bonds is 6. The van der Waals surface area contributed by atoms with Crippen molar-refractivity contribution < 1.29 is 9.47 Å². The molecule has 0 amide bonds. The Morgan fingerprint density at radius 2 is 1.59 bits per heavy atom. The number of hydrogen-bond acceptors (Lipinski definition) is 6. The molecule has 0 aliphatic rings. The van der Waals surface area contributed by atoms with Crippen LogP contribution >= 0.6 is 11.6 Å². The summed E-state index contributed by atoms with van der Waals surface area (Å²) in [6.07, 6.45) is 0. The first-order valence-corrected chi connectivity index (χ1v) is 8.74. The molecule has 0 aliphatic heterocycles. The molecule has 0 saturated heterocycles. The van der Waals surface area contributed by atoms with Crippen molar-refractivity contribution in [3.05, 3.63) is 58.9 Å². The van der Waals surface area contributed by atoms with Crippen LogP contribution in [0.4, 0.5) is 23.0 Å². The number of hydrogen-bond donors (Lipinski definition) is 2. The molecule has 6 nitrogen and oxygen atoms in total. The number of aromatic nitrogens is 2. The summed E-state index contributed by atoms with van der Waals surface area (Å²) in [6.45, 7) is 3.80. The van der Waals surface area contributed by atoms with Crippen LogP contribution in [0.25, 0.3) is 0 Å². The maximum Gasteiger partial charge on any atom is 0.142 e. The van der Waals surface area contributed by atoms with E-state index in [0.29, 0.717) is 28.2 Å². The summed E-state index contributed by atoms with van der Waals surface area (Å²) >= 11 is 6.20. The highest BCUT2D eigenvalue weighted by Gasteiger charge is 2.09. The van der Waals surface area contributed by atoms with Gasteiger partial charge in [-0.25, -0.2) is 9.97 Å². The molecule has 3 aromatic rings. The van der Waals surface area contributed by atoms with Gasteiger partial charge >= 0.3 is 0 Å². The van der Waals surface area contributed by atoms with Gasteiger partial charge < -0.3 is 20.1 Å². The predicted octanol–water partition coefficient (Wildman–Crippen LogP) is 5.25. The molecule has 2 aromatic carbocycles. The van der Waals surface area contributed by atoms with Crippen molar-refractivity contribution in [2.75, 3.05) is 24.9 Å². The molecule has 0 aliphatic carbocycles. The van der Waals surface area contributed by atoms with E-state index < -0.39 is 0 Å². The van der Waals surface area contributed by atoms with Crippen LogP contribution in [0.15, 0.2) is 42.5 Å². The van der Waals surface area contributed by atoms with Crippen LogP contribution in [-0.2, 0) is 0 Å². The molecule has 27 heavy (non-hydrogen) atoms. The van der Waals surface area contributed by atoms with Gasteiger partial charge in [0.05, 0.1) is 19.9 Å². The summed E-state index contributed by atoms with van der Waals surface area (Å²) in [7, 11) is 3.24. The Labute approximate surface area is 163 Å². The van der Waals surface area contributed by atoms with Gasteiger partial charge in [0.25, 0.3) is 0 Å². The first kappa shape index (κ1) is 18.8. The van der Waals surface area contributed by atoms with Crippen molar-refractivity contribution >= 4 is 34.6 Å². The summed E-state index contributed by atoms with van der Waals surface area (Å²) in [6, 6.07) is 13.1. The second-order valence-electron chi connectivity index (χ2n) is 5.97. The molecule has 140 valence electrons. The van der Waals surface area contributed by atoms with Crippen molar-refractivity contribution in [3.8, 4) is 11.5 Å². The van der Waals surface area contributed by atoms with Gasteiger partial charge in [-0.05, 0) is 43.7 Å². The Hall–Kier alpha value is -2.99. The Balaban J connectivity index is 1.88. The van der Waals surface area contributed by atoms with Crippen LogP contribution in [-0.4, -0.2) is 24.2 Å². The fraction of sp³-hybridized carbons (Fsp3) is 0.200. The molecule has 0 fully saturated rings. The topological polar surface area (TPSA) is 68.3 Å². The van der Waals surface area contributed by atoms with Crippen molar-refractivity contribution in [1.29, 1.82) is 0 Å². The first-order chi connectivity index (χ1) is 13.0. The van der Waals surface area contributed by atoms with Gasteiger partial charge in [-0.1, -0.05) is 17.7 Å². The Morgan fingerprint density at radius 3 is 2.26 bits per heavy atom. The zero-order valence-corrected chi connectivity index (χ0v) is 16.4. The van der Waals surface area contributed by atoms with Gasteiger partial charge in [0.1, 0.15) is 29.0 Å². The maximum absolute atomic E-state index is 6.20. The zero-order chi connectivity index (χ0) is 19.4. The van der Waals surface area contributed by atoms with Gasteiger partial charge in [0.2, 0.25) is 0 Å². The summed E-state index contributed by atoms with van der Waals surface area (Å²) in [4.78, 5) is 8.89. The van der Waals surface area contributed by atoms with Gasteiger partial charge in [-0.15, -0.1) is 0 Å². The van der Waals surface area contributed by atoms with E-state index in [1.807, 2.05) is 56.3 Å². The molecule has 1 aromatic heterocycles. The average molecular weight is 385 g/mol. The van der Waals surface area contributed by atoms with Crippen molar-refractivity contribution in [2.24, 2.45) is 0 Å². The Bertz CT molecular complexity index is 963. The predicted molar refractivity (Wildman–Crippen MR) is 109 cm³/mol. The number of benzene rings is 2. The van der Waals surface area contributed by atoms with Crippen LogP contribution in [0.5, 0.6) is 11.5 Å². The van der Waals surface area contributed by atoms with Crippen LogP contribution in [0, 0.1) is 13.8 Å². The minimum Gasteiger partial charge on any atom is -0.497 e. The number of anilines is 4. The highest BCUT2D eigenvalue weighted by Crippen LogP contribution is 2.32. The molecule has 0 radical (unpaired) electrons. The number of nitrogens with zero attached hydrogens (tertiary/aromatic N) is 2. The fourth-order valence-electron chi connectivity index (χ4n) is 2.56. The standard InChI is InChI=1S/C20H21ClN4O2/c1-12-5-6-14(9-16(12)21)24-19-11-20(23-13(2)22-19)25-17-10-15(26-3)7-8-18(17)27-4/h5-11H,1-4H3,(H2,22,23,24,25). The van der Waals surface area contributed by atoms with Gasteiger partial charge in [-0.2, -0.15) is 0 Å². The third kappa shape index (κ3) is 4.60. The summed E-state index contributed by atoms with van der Waals surface area (Å²) in [5.41, 5.74) is 2.63. The summed E-state index contributed by atoms with van der Waals surface area (Å²) < 4.78 is 10.7. The third-order valence-corrected chi connectivity index (χ3v) is 4.36. The second-order valence-corrected chi connectivity index (χ2v) is 6.37. The third-order valence-electron chi connectivity index (χ3n) is 3.95. The monoisotopic (exact) mass is 384 g/mol. The highest BCUT2D eigenvalue weighted by atomic mass is 35.5. The Kier molecular flexibility index (Phi) is 5.66. The zero-order valence-electron chi connectivity index (χ0n) is 15.6. The molecule has 7 heteroatoms. The number of ether oxygens (including phenoxy) is 2. The van der Waals surface area contributed by atoms with Gasteiger partial charge in [0, 0.05) is 22.8 Å². The van der Waals surface area contributed by atoms with Crippen LogP contribution < -0.4 is 20.1 Å². The number of aryl methyl sites for hydroxylation is 2. The second kappa shape index (κ2) is 8.14. The van der Waals surface area contributed by atoms with Crippen molar-refractivity contribution in [3.63, 3.8) is 0 Å². The molecule has 2 N–H and O–H groups in total. The minimum atomic E-state index is 0.627. The van der Waals surface area contributed by atoms with E-state index >= 15 is 0 Å². The average Bonchev–Trinajstić information content (AvgIpc) is 2.64. The van der Waals surface area contributed by atoms with E-state index in [4.69, 9.17) is 21.1 Å². The Morgan fingerprint density at radius 1 is 0.852 bits per heavy atom. The van der Waals surface area contributed by atoms with Crippen LogP contribution in [0.1, 0.15) is 11.4 Å². The lowest BCUT2D eigenvalue weighted by atomic mass is 10.2. The van der Waals surface area contributed by atoms with E-state index in [0.717, 1.165) is 22.7 Å². The maximum atomic E-state index is 6.20. The first-order valence-electron chi connectivity index (χ1n) is 8.36.